The Morgan fingerprint density at radius 1 is 1.47 bits per heavy atom. The van der Waals surface area contributed by atoms with Crippen LogP contribution in [0.15, 0.2) is 23.2 Å². The minimum Gasteiger partial charge on any atom is -0.384 e. The molecule has 2 aromatic heterocycles. The number of nitrogens with zero attached hydrogens (tertiary/aromatic N) is 5. The van der Waals surface area contributed by atoms with Crippen LogP contribution in [0, 0.1) is 0 Å². The first-order chi connectivity index (χ1) is 7.24. The quantitative estimate of drug-likeness (QED) is 0.760. The summed E-state index contributed by atoms with van der Waals surface area (Å²) in [6.07, 6.45) is 1.73. The Balaban J connectivity index is 1.96. The summed E-state index contributed by atoms with van der Waals surface area (Å²) in [5.41, 5.74) is 5.48. The lowest BCUT2D eigenvalue weighted by Crippen LogP contribution is -1.92. The maximum absolute atomic E-state index is 5.48. The molecule has 0 aliphatic carbocycles. The van der Waals surface area contributed by atoms with Gasteiger partial charge in [0, 0.05) is 11.1 Å². The van der Waals surface area contributed by atoms with Crippen molar-refractivity contribution in [3.63, 3.8) is 0 Å². The molecule has 0 unspecified atom stereocenters. The van der Waals surface area contributed by atoms with E-state index in [2.05, 4.69) is 20.4 Å². The van der Waals surface area contributed by atoms with Crippen molar-refractivity contribution in [2.75, 3.05) is 5.73 Å². The molecular weight excluding hydrogens is 212 g/mol. The van der Waals surface area contributed by atoms with Crippen molar-refractivity contribution >= 4 is 17.6 Å². The minimum atomic E-state index is 0.525. The molecule has 2 aromatic rings. The summed E-state index contributed by atoms with van der Waals surface area (Å²) in [4.78, 5) is 6.47. The second kappa shape index (κ2) is 4.26. The van der Waals surface area contributed by atoms with Gasteiger partial charge in [0.05, 0.1) is 12.8 Å². The van der Waals surface area contributed by atoms with Crippen LogP contribution < -0.4 is 5.73 Å². The van der Waals surface area contributed by atoms with E-state index in [0.717, 1.165) is 4.90 Å². The summed E-state index contributed by atoms with van der Waals surface area (Å²) < 4.78 is 0. The molecule has 15 heavy (non-hydrogen) atoms. The molecule has 0 aliphatic rings. The van der Waals surface area contributed by atoms with E-state index in [1.54, 1.807) is 31.1 Å². The summed E-state index contributed by atoms with van der Waals surface area (Å²) >= 11 is 1.60. The molecule has 0 radical (unpaired) electrons. The zero-order chi connectivity index (χ0) is 10.7. The van der Waals surface area contributed by atoms with Crippen molar-refractivity contribution in [3.8, 4) is 0 Å². The highest BCUT2D eigenvalue weighted by atomic mass is 32.2. The van der Waals surface area contributed by atoms with Crippen molar-refractivity contribution in [1.29, 1.82) is 0 Å². The number of hydrogen-bond donors (Lipinski definition) is 1. The van der Waals surface area contributed by atoms with Crippen LogP contribution in [0.1, 0.15) is 5.82 Å². The van der Waals surface area contributed by atoms with Gasteiger partial charge in [-0.15, -0.1) is 22.0 Å². The van der Waals surface area contributed by atoms with Crippen LogP contribution in [0.5, 0.6) is 0 Å². The molecule has 0 aromatic carbocycles. The van der Waals surface area contributed by atoms with E-state index in [9.17, 15) is 0 Å². The van der Waals surface area contributed by atoms with Crippen molar-refractivity contribution in [1.82, 2.24) is 25.2 Å². The monoisotopic (exact) mass is 222 g/mol. The fourth-order valence-corrected chi connectivity index (χ4v) is 1.71. The van der Waals surface area contributed by atoms with Crippen LogP contribution in [0.25, 0.3) is 0 Å². The van der Waals surface area contributed by atoms with Crippen LogP contribution in [-0.2, 0) is 12.8 Å². The van der Waals surface area contributed by atoms with E-state index < -0.39 is 0 Å². The number of nitrogens with two attached hydrogens (primary N) is 1. The molecule has 0 fully saturated rings. The number of pyridine rings is 1. The van der Waals surface area contributed by atoms with Gasteiger partial charge in [-0.05, 0) is 17.3 Å². The fraction of sp³-hybridized carbons (Fsp3) is 0.250. The van der Waals surface area contributed by atoms with Gasteiger partial charge in [0.2, 0.25) is 0 Å². The lowest BCUT2D eigenvalue weighted by Gasteiger charge is -1.97. The average molecular weight is 222 g/mol. The minimum absolute atomic E-state index is 0.525. The molecular formula is C8H10N6S. The molecule has 0 saturated heterocycles. The van der Waals surface area contributed by atoms with E-state index in [0.29, 0.717) is 17.4 Å². The summed E-state index contributed by atoms with van der Waals surface area (Å²) in [6, 6.07) is 3.69. The van der Waals surface area contributed by atoms with Gasteiger partial charge in [-0.2, -0.15) is 4.80 Å². The molecule has 0 atom stereocenters. The Kier molecular flexibility index (Phi) is 2.82. The molecule has 6 nitrogen and oxygen atoms in total. The normalized spacial score (nSPS) is 10.5. The smallest absolute Gasteiger partial charge is 0.184 e. The largest absolute Gasteiger partial charge is 0.384 e. The highest BCUT2D eigenvalue weighted by molar-refractivity contribution is 7.98. The number of rotatable bonds is 3. The molecule has 2 N–H and O–H groups in total. The molecule has 0 aliphatic heterocycles. The van der Waals surface area contributed by atoms with Gasteiger partial charge in [0.25, 0.3) is 0 Å². The zero-order valence-corrected chi connectivity index (χ0v) is 8.98. The third kappa shape index (κ3) is 2.66. The molecule has 0 bridgehead atoms. The summed E-state index contributed by atoms with van der Waals surface area (Å²) in [7, 11) is 1.74. The first kappa shape index (κ1) is 9.91. The molecule has 0 spiro atoms. The lowest BCUT2D eigenvalue weighted by molar-refractivity contribution is 0.628. The van der Waals surface area contributed by atoms with E-state index in [4.69, 9.17) is 5.73 Å². The van der Waals surface area contributed by atoms with E-state index in [1.165, 1.54) is 4.80 Å². The van der Waals surface area contributed by atoms with Gasteiger partial charge < -0.3 is 5.73 Å². The van der Waals surface area contributed by atoms with Gasteiger partial charge in [-0.3, -0.25) is 0 Å². The number of aryl methyl sites for hydroxylation is 1. The maximum atomic E-state index is 5.48. The molecule has 2 rings (SSSR count). The van der Waals surface area contributed by atoms with Gasteiger partial charge in [-0.1, -0.05) is 0 Å². The van der Waals surface area contributed by atoms with Crippen LogP contribution in [0.2, 0.25) is 0 Å². The molecule has 2 heterocycles. The van der Waals surface area contributed by atoms with Gasteiger partial charge in [0.15, 0.2) is 5.82 Å². The summed E-state index contributed by atoms with van der Waals surface area (Å²) in [6.45, 7) is 0. The molecule has 0 amide bonds. The van der Waals surface area contributed by atoms with E-state index in [1.807, 2.05) is 6.07 Å². The average Bonchev–Trinajstić information content (AvgIpc) is 2.64. The lowest BCUT2D eigenvalue weighted by atomic mass is 10.5. The second-order valence-corrected chi connectivity index (χ2v) is 3.95. The van der Waals surface area contributed by atoms with Crippen molar-refractivity contribution < 1.29 is 0 Å². The van der Waals surface area contributed by atoms with Gasteiger partial charge >= 0.3 is 0 Å². The number of aromatic nitrogens is 5. The number of tetrazole rings is 1. The SMILES string of the molecule is Cn1nnc(CSc2ccc(N)nc2)n1. The van der Waals surface area contributed by atoms with Crippen LogP contribution in [-0.4, -0.2) is 25.2 Å². The topological polar surface area (TPSA) is 82.5 Å². The highest BCUT2D eigenvalue weighted by Crippen LogP contribution is 2.20. The van der Waals surface area contributed by atoms with Gasteiger partial charge in [0.1, 0.15) is 5.82 Å². The third-order valence-electron chi connectivity index (χ3n) is 1.68. The summed E-state index contributed by atoms with van der Waals surface area (Å²) in [5.74, 6) is 1.91. The number of hydrogen-bond acceptors (Lipinski definition) is 6. The van der Waals surface area contributed by atoms with Crippen LogP contribution >= 0.6 is 11.8 Å². The van der Waals surface area contributed by atoms with Crippen LogP contribution in [0.3, 0.4) is 0 Å². The predicted octanol–water partition coefficient (Wildman–Crippen LogP) is 0.480. The molecule has 78 valence electrons. The number of thioether (sulfide) groups is 1. The summed E-state index contributed by atoms with van der Waals surface area (Å²) in [5, 5.41) is 11.7. The first-order valence-corrected chi connectivity index (χ1v) is 5.30. The Bertz CT molecular complexity index is 437. The Morgan fingerprint density at radius 3 is 2.93 bits per heavy atom. The Morgan fingerprint density at radius 2 is 2.33 bits per heavy atom. The first-order valence-electron chi connectivity index (χ1n) is 4.31. The van der Waals surface area contributed by atoms with Gasteiger partial charge in [-0.25, -0.2) is 4.98 Å². The Labute approximate surface area is 90.9 Å². The molecule has 0 saturated carbocycles. The second-order valence-electron chi connectivity index (χ2n) is 2.90. The van der Waals surface area contributed by atoms with Crippen molar-refractivity contribution in [3.05, 3.63) is 24.2 Å². The van der Waals surface area contributed by atoms with Crippen molar-refractivity contribution in [2.45, 2.75) is 10.6 Å². The zero-order valence-electron chi connectivity index (χ0n) is 8.16. The third-order valence-corrected chi connectivity index (χ3v) is 2.65. The van der Waals surface area contributed by atoms with Crippen LogP contribution in [0.4, 0.5) is 5.82 Å². The molecule has 7 heteroatoms. The van der Waals surface area contributed by atoms with E-state index in [-0.39, 0.29) is 0 Å². The number of nitrogen functional groups attached to an aromatic ring is 1. The van der Waals surface area contributed by atoms with Crippen molar-refractivity contribution in [2.24, 2.45) is 7.05 Å². The Hall–Kier alpha value is -1.63. The maximum Gasteiger partial charge on any atom is 0.184 e. The highest BCUT2D eigenvalue weighted by Gasteiger charge is 2.01. The number of anilines is 1. The van der Waals surface area contributed by atoms with E-state index >= 15 is 0 Å². The standard InChI is InChI=1S/C8H10N6S/c1-14-12-8(11-13-14)5-15-6-2-3-7(9)10-4-6/h2-4H,5H2,1H3,(H2,9,10). The predicted molar refractivity (Wildman–Crippen MR) is 57.0 cm³/mol. The fourth-order valence-electron chi connectivity index (χ4n) is 1.01.